The van der Waals surface area contributed by atoms with Crippen LogP contribution in [-0.2, 0) is 11.0 Å². The number of hydrogen-bond acceptors (Lipinski definition) is 4. The van der Waals surface area contributed by atoms with Crippen LogP contribution < -0.4 is 9.46 Å². The Kier molecular flexibility index (Phi) is 8.11. The van der Waals surface area contributed by atoms with E-state index in [2.05, 4.69) is 11.6 Å². The number of anilines is 1. The van der Waals surface area contributed by atoms with E-state index in [0.717, 1.165) is 19.3 Å². The van der Waals surface area contributed by atoms with Gasteiger partial charge in [0, 0.05) is 29.3 Å². The first kappa shape index (κ1) is 25.9. The van der Waals surface area contributed by atoms with Crippen molar-refractivity contribution >= 4 is 34.2 Å². The number of para-hydroxylation sites is 1. The number of nitrogens with zero attached hydrogens (tertiary/aromatic N) is 1. The number of nitrogens with one attached hydrogen (secondary N) is 1. The number of amides is 1. The van der Waals surface area contributed by atoms with Gasteiger partial charge in [0.05, 0.1) is 17.3 Å². The number of unbranched alkanes of at least 4 members (excludes halogenated alkanes) is 2. The van der Waals surface area contributed by atoms with E-state index in [1.807, 2.05) is 0 Å². The summed E-state index contributed by atoms with van der Waals surface area (Å²) in [5.74, 6) is -2.33. The van der Waals surface area contributed by atoms with Crippen LogP contribution in [0.1, 0.15) is 36.5 Å². The summed E-state index contributed by atoms with van der Waals surface area (Å²) in [4.78, 5) is 14.8. The minimum atomic E-state index is -2.23. The molecular weight excluding hydrogens is 510 g/mol. The van der Waals surface area contributed by atoms with Gasteiger partial charge in [-0.25, -0.2) is 13.0 Å². The van der Waals surface area contributed by atoms with Crippen LogP contribution >= 0.6 is 11.6 Å². The molecule has 1 atom stereocenters. The van der Waals surface area contributed by atoms with Crippen LogP contribution in [0.4, 0.5) is 14.5 Å². The van der Waals surface area contributed by atoms with Gasteiger partial charge in [0.1, 0.15) is 28.9 Å². The molecule has 1 amide bonds. The topological polar surface area (TPSA) is 78.9 Å². The maximum Gasteiger partial charge on any atom is 0.254 e. The molecule has 0 fully saturated rings. The molecule has 190 valence electrons. The number of carbonyl (C=O) groups is 1. The first-order valence-electron chi connectivity index (χ1n) is 11.5. The minimum absolute atomic E-state index is 0.0354. The van der Waals surface area contributed by atoms with Crippen molar-refractivity contribution in [2.24, 2.45) is 0 Å². The van der Waals surface area contributed by atoms with E-state index < -0.39 is 28.4 Å². The third kappa shape index (κ3) is 5.47. The zero-order chi connectivity index (χ0) is 25.8. The van der Waals surface area contributed by atoms with Crippen LogP contribution in [-0.4, -0.2) is 39.8 Å². The van der Waals surface area contributed by atoms with Gasteiger partial charge in [0.25, 0.3) is 5.91 Å². The number of hydrogen-bond donors (Lipinski definition) is 2. The summed E-state index contributed by atoms with van der Waals surface area (Å²) >= 11 is 6.16. The zero-order valence-electron chi connectivity index (χ0n) is 19.5. The van der Waals surface area contributed by atoms with Crippen LogP contribution in [0.3, 0.4) is 0 Å². The molecule has 3 aromatic rings. The first-order chi connectivity index (χ1) is 17.3. The molecule has 3 aromatic carbocycles. The molecule has 10 heteroatoms. The molecule has 1 unspecified atom stereocenters. The fraction of sp³-hybridized carbons (Fsp3) is 0.269. The van der Waals surface area contributed by atoms with E-state index in [0.29, 0.717) is 23.9 Å². The van der Waals surface area contributed by atoms with Crippen LogP contribution in [0.25, 0.3) is 11.1 Å². The normalized spacial score (nSPS) is 15.8. The lowest BCUT2D eigenvalue weighted by Crippen LogP contribution is -2.35. The van der Waals surface area contributed by atoms with Crippen LogP contribution in [0.15, 0.2) is 53.4 Å². The molecule has 0 radical (unpaired) electrons. The minimum Gasteiger partial charge on any atom is -0.505 e. The number of benzene rings is 3. The number of phenols is 1. The number of rotatable bonds is 4. The molecule has 1 aliphatic heterocycles. The van der Waals surface area contributed by atoms with Crippen molar-refractivity contribution in [1.82, 2.24) is 4.90 Å². The quantitative estimate of drug-likeness (QED) is 0.393. The second-order valence-electron chi connectivity index (χ2n) is 8.33. The van der Waals surface area contributed by atoms with Gasteiger partial charge in [0.2, 0.25) is 0 Å². The van der Waals surface area contributed by atoms with Crippen molar-refractivity contribution < 1.29 is 27.6 Å². The molecule has 0 aromatic heterocycles. The summed E-state index contributed by atoms with van der Waals surface area (Å²) in [6, 6.07) is 11.1. The van der Waals surface area contributed by atoms with Crippen LogP contribution in [0, 0.1) is 11.6 Å². The smallest absolute Gasteiger partial charge is 0.254 e. The van der Waals surface area contributed by atoms with Crippen molar-refractivity contribution in [2.75, 3.05) is 24.4 Å². The first-order valence-corrected chi connectivity index (χ1v) is 13.0. The van der Waals surface area contributed by atoms with Crippen LogP contribution in [0.2, 0.25) is 5.02 Å². The predicted molar refractivity (Wildman–Crippen MR) is 136 cm³/mol. The van der Waals surface area contributed by atoms with E-state index in [-0.39, 0.29) is 45.8 Å². The van der Waals surface area contributed by atoms with E-state index in [4.69, 9.17) is 16.3 Å². The van der Waals surface area contributed by atoms with Crippen molar-refractivity contribution in [1.29, 1.82) is 0 Å². The lowest BCUT2D eigenvalue weighted by atomic mass is 10.0. The van der Waals surface area contributed by atoms with E-state index >= 15 is 0 Å². The lowest BCUT2D eigenvalue weighted by Gasteiger charge is -2.24. The SMILES string of the molecule is CCCCCN1CCOc2ccccc2-c2cc(c(F)cc2F)NS(=O)c2cc(cc(Cl)c2O)C1=O. The Labute approximate surface area is 215 Å². The van der Waals surface area contributed by atoms with Gasteiger partial charge in [0.15, 0.2) is 16.7 Å². The van der Waals surface area contributed by atoms with Crippen molar-refractivity contribution in [3.05, 3.63) is 70.8 Å². The van der Waals surface area contributed by atoms with Gasteiger partial charge in [-0.3, -0.25) is 9.52 Å². The van der Waals surface area contributed by atoms with E-state index in [1.54, 1.807) is 29.2 Å². The second kappa shape index (κ2) is 11.3. The Hall–Kier alpha value is -3.17. The van der Waals surface area contributed by atoms with E-state index in [1.165, 1.54) is 18.2 Å². The lowest BCUT2D eigenvalue weighted by molar-refractivity contribution is 0.0726. The monoisotopic (exact) mass is 534 g/mol. The predicted octanol–water partition coefficient (Wildman–Crippen LogP) is 6.15. The highest BCUT2D eigenvalue weighted by Crippen LogP contribution is 2.37. The number of carbonyl (C=O) groups excluding carboxylic acids is 1. The van der Waals surface area contributed by atoms with E-state index in [9.17, 15) is 22.9 Å². The van der Waals surface area contributed by atoms with Gasteiger partial charge in [-0.1, -0.05) is 49.6 Å². The number of halogens is 3. The third-order valence-corrected chi connectivity index (χ3v) is 7.25. The Morgan fingerprint density at radius 3 is 2.67 bits per heavy atom. The summed E-state index contributed by atoms with van der Waals surface area (Å²) in [7, 11) is -2.23. The fourth-order valence-electron chi connectivity index (χ4n) is 3.96. The largest absolute Gasteiger partial charge is 0.505 e. The van der Waals surface area contributed by atoms with Crippen molar-refractivity contribution in [3.63, 3.8) is 0 Å². The number of aromatic hydroxyl groups is 1. The number of ether oxygens (including phenoxy) is 1. The van der Waals surface area contributed by atoms with Gasteiger partial charge in [-0.05, 0) is 30.7 Å². The average molecular weight is 535 g/mol. The molecule has 1 heterocycles. The molecule has 4 rings (SSSR count). The molecular formula is C26H25ClF2N2O4S. The third-order valence-electron chi connectivity index (χ3n) is 5.85. The highest BCUT2D eigenvalue weighted by Gasteiger charge is 2.24. The Morgan fingerprint density at radius 2 is 1.89 bits per heavy atom. The van der Waals surface area contributed by atoms with Gasteiger partial charge in [-0.15, -0.1) is 0 Å². The molecule has 0 spiro atoms. The molecule has 36 heavy (non-hydrogen) atoms. The van der Waals surface area contributed by atoms with Gasteiger partial charge >= 0.3 is 0 Å². The fourth-order valence-corrected chi connectivity index (χ4v) is 5.22. The Bertz CT molecular complexity index is 1320. The molecule has 0 saturated carbocycles. The maximum atomic E-state index is 14.8. The van der Waals surface area contributed by atoms with Gasteiger partial charge in [-0.2, -0.15) is 0 Å². The number of phenolic OH excluding ortho intramolecular Hbond substituents is 1. The average Bonchev–Trinajstić information content (AvgIpc) is 2.86. The summed E-state index contributed by atoms with van der Waals surface area (Å²) < 4.78 is 51.1. The Morgan fingerprint density at radius 1 is 1.11 bits per heavy atom. The summed E-state index contributed by atoms with van der Waals surface area (Å²) in [6.07, 6.45) is 2.65. The van der Waals surface area contributed by atoms with Crippen molar-refractivity contribution in [2.45, 2.75) is 31.1 Å². The van der Waals surface area contributed by atoms with Crippen LogP contribution in [0.5, 0.6) is 11.5 Å². The summed E-state index contributed by atoms with van der Waals surface area (Å²) in [6.45, 7) is 2.85. The molecule has 1 aliphatic rings. The number of fused-ring (bicyclic) bond motifs is 6. The summed E-state index contributed by atoms with van der Waals surface area (Å²) in [5.41, 5.74) is 0.264. The standard InChI is InChI=1S/C26H25ClF2N2O4S/c1-2-3-6-9-31-10-11-35-23-8-5-4-7-17(23)18-14-22(21(29)15-20(18)28)30-36(34)24-13-16(26(31)33)12-19(27)25(24)32/h4-5,7-8,12-15,30,32H,2-3,6,9-11H2,1H3. The summed E-state index contributed by atoms with van der Waals surface area (Å²) in [5, 5.41) is 10.3. The highest BCUT2D eigenvalue weighted by molar-refractivity contribution is 7.86. The molecule has 6 nitrogen and oxygen atoms in total. The van der Waals surface area contributed by atoms with Gasteiger partial charge < -0.3 is 14.7 Å². The zero-order valence-corrected chi connectivity index (χ0v) is 21.1. The molecule has 0 saturated heterocycles. The Balaban J connectivity index is 1.84. The molecule has 2 N–H and O–H groups in total. The van der Waals surface area contributed by atoms with Crippen molar-refractivity contribution in [3.8, 4) is 22.6 Å². The maximum absolute atomic E-state index is 14.8. The highest BCUT2D eigenvalue weighted by atomic mass is 35.5. The molecule has 0 aliphatic carbocycles. The molecule has 4 bridgehead atoms. The second-order valence-corrected chi connectivity index (χ2v) is 9.92.